The van der Waals surface area contributed by atoms with Crippen LogP contribution in [0.1, 0.15) is 31.2 Å². The van der Waals surface area contributed by atoms with Crippen LogP contribution in [0.25, 0.3) is 10.8 Å². The van der Waals surface area contributed by atoms with Crippen LogP contribution in [0.15, 0.2) is 60.0 Å². The molecule has 0 saturated carbocycles. The van der Waals surface area contributed by atoms with Gasteiger partial charge in [-0.3, -0.25) is 9.55 Å². The van der Waals surface area contributed by atoms with Crippen molar-refractivity contribution in [1.29, 1.82) is 0 Å². The van der Waals surface area contributed by atoms with E-state index in [-0.39, 0.29) is 11.3 Å². The Balaban J connectivity index is 1.16. The number of piperidine rings is 1. The highest BCUT2D eigenvalue weighted by Crippen LogP contribution is 2.22. The number of amides is 1. The van der Waals surface area contributed by atoms with Crippen LogP contribution in [0.2, 0.25) is 0 Å². The molecule has 0 spiro atoms. The maximum Gasteiger partial charge on any atom is 0.325 e. The van der Waals surface area contributed by atoms with Gasteiger partial charge in [-0.2, -0.15) is 0 Å². The van der Waals surface area contributed by atoms with Gasteiger partial charge in [0.15, 0.2) is 9.84 Å². The number of fused-ring (bicyclic) bond motifs is 1. The molecule has 0 unspecified atom stereocenters. The van der Waals surface area contributed by atoms with Crippen molar-refractivity contribution < 1.29 is 22.8 Å². The Morgan fingerprint density at radius 2 is 1.74 bits per heavy atom. The van der Waals surface area contributed by atoms with Gasteiger partial charge < -0.3 is 15.0 Å². The van der Waals surface area contributed by atoms with Crippen LogP contribution in [-0.4, -0.2) is 61.6 Å². The lowest BCUT2D eigenvalue weighted by atomic mass is 10.0. The van der Waals surface area contributed by atoms with Crippen molar-refractivity contribution >= 4 is 26.6 Å². The molecule has 8 nitrogen and oxygen atoms in total. The third kappa shape index (κ3) is 4.87. The van der Waals surface area contributed by atoms with Gasteiger partial charge in [-0.05, 0) is 23.8 Å². The molecule has 4 heterocycles. The number of carbonyl (C=O) groups excluding carboxylic acids is 1. The molecule has 2 aliphatic heterocycles. The second-order valence-corrected chi connectivity index (χ2v) is 11.5. The summed E-state index contributed by atoms with van der Waals surface area (Å²) in [6.07, 6.45) is 10.5. The van der Waals surface area contributed by atoms with Crippen molar-refractivity contribution in [2.24, 2.45) is 0 Å². The summed E-state index contributed by atoms with van der Waals surface area (Å²) in [6.45, 7) is 3.77. The molecule has 34 heavy (non-hydrogen) atoms. The zero-order valence-corrected chi connectivity index (χ0v) is 20.0. The van der Waals surface area contributed by atoms with E-state index < -0.39 is 9.84 Å². The van der Waals surface area contributed by atoms with E-state index in [0.29, 0.717) is 30.3 Å². The number of hydrogen-bond acceptors (Lipinski definition) is 5. The average Bonchev–Trinajstić information content (AvgIpc) is 3.33. The van der Waals surface area contributed by atoms with Crippen molar-refractivity contribution in [1.82, 2.24) is 14.9 Å². The first-order valence-corrected chi connectivity index (χ1v) is 13.5. The van der Waals surface area contributed by atoms with Gasteiger partial charge in [-0.1, -0.05) is 12.1 Å². The second-order valence-electron chi connectivity index (χ2n) is 9.26. The minimum absolute atomic E-state index is 0.244. The monoisotopic (exact) mass is 483 g/mol. The maximum absolute atomic E-state index is 13.2. The zero-order valence-electron chi connectivity index (χ0n) is 19.2. The smallest absolute Gasteiger partial charge is 0.325 e. The van der Waals surface area contributed by atoms with Gasteiger partial charge in [-0.15, -0.1) is 0 Å². The van der Waals surface area contributed by atoms with Crippen molar-refractivity contribution in [2.45, 2.75) is 48.4 Å². The fourth-order valence-corrected chi connectivity index (χ4v) is 6.90. The number of aromatic nitrogens is 2. The molecule has 2 fully saturated rings. The predicted octanol–water partition coefficient (Wildman–Crippen LogP) is 1.79. The predicted molar refractivity (Wildman–Crippen MR) is 129 cm³/mol. The fourth-order valence-electron chi connectivity index (χ4n) is 5.14. The molecular formula is C25H31N4O4S+. The molecule has 3 aromatic rings. The summed E-state index contributed by atoms with van der Waals surface area (Å²) in [6, 6.07) is 9.13. The van der Waals surface area contributed by atoms with E-state index in [4.69, 9.17) is 4.74 Å². The Kier molecular flexibility index (Phi) is 6.67. The molecule has 0 radical (unpaired) electrons. The molecule has 0 atom stereocenters. The molecule has 2 aromatic heterocycles. The highest BCUT2D eigenvalue weighted by atomic mass is 32.2. The summed E-state index contributed by atoms with van der Waals surface area (Å²) in [5, 5.41) is 4.40. The number of quaternary nitrogens is 1. The van der Waals surface area contributed by atoms with E-state index >= 15 is 0 Å². The number of nitrogens with zero attached hydrogens (tertiary/aromatic N) is 2. The molecule has 2 N–H and O–H groups in total. The van der Waals surface area contributed by atoms with Gasteiger partial charge in [0.25, 0.3) is 0 Å². The van der Waals surface area contributed by atoms with E-state index in [1.165, 1.54) is 9.47 Å². The number of sulfone groups is 1. The molecule has 2 aliphatic rings. The van der Waals surface area contributed by atoms with Gasteiger partial charge >= 0.3 is 6.03 Å². The van der Waals surface area contributed by atoms with Crippen LogP contribution >= 0.6 is 0 Å². The van der Waals surface area contributed by atoms with Gasteiger partial charge in [0.05, 0.1) is 42.5 Å². The van der Waals surface area contributed by atoms with Crippen LogP contribution in [-0.2, 0) is 21.1 Å². The molecule has 5 rings (SSSR count). The summed E-state index contributed by atoms with van der Waals surface area (Å²) in [4.78, 5) is 18.5. The lowest BCUT2D eigenvalue weighted by Crippen LogP contribution is -3.17. The Labute approximate surface area is 199 Å². The Morgan fingerprint density at radius 1 is 1.03 bits per heavy atom. The Hall–Kier alpha value is -2.75. The fraction of sp³-hybridized carbons (Fsp3) is 0.440. The molecular weight excluding hydrogens is 452 g/mol. The number of pyridine rings is 1. The number of hydrogen-bond donors (Lipinski definition) is 2. The first kappa shape index (κ1) is 23.0. The highest BCUT2D eigenvalue weighted by Gasteiger charge is 2.36. The summed E-state index contributed by atoms with van der Waals surface area (Å²) in [7, 11) is -3.36. The molecule has 1 amide bonds. The van der Waals surface area contributed by atoms with E-state index in [9.17, 15) is 13.2 Å². The Bertz CT molecular complexity index is 1210. The third-order valence-electron chi connectivity index (χ3n) is 7.19. The van der Waals surface area contributed by atoms with E-state index in [0.717, 1.165) is 55.5 Å². The van der Waals surface area contributed by atoms with E-state index in [1.54, 1.807) is 49.1 Å². The SMILES string of the molecule is O=C(NCc1ccc(S(=O)(=O)C2CC[NH+](C3CCOCC3)CC2)cc1)n1cc2ccncc2c1. The molecule has 180 valence electrons. The van der Waals surface area contributed by atoms with Crippen LogP contribution in [0, 0.1) is 0 Å². The minimum atomic E-state index is -3.36. The van der Waals surface area contributed by atoms with E-state index in [2.05, 4.69) is 10.3 Å². The van der Waals surface area contributed by atoms with Gasteiger partial charge in [0.2, 0.25) is 0 Å². The van der Waals surface area contributed by atoms with Gasteiger partial charge in [0, 0.05) is 67.8 Å². The number of carbonyl (C=O) groups is 1. The van der Waals surface area contributed by atoms with Crippen molar-refractivity contribution in [3.05, 3.63) is 60.7 Å². The standard InChI is InChI=1S/C25H30N4O4S/c30-25(29-17-20-5-10-26-16-21(20)18-29)27-15-19-1-3-23(4-2-19)34(31,32)24-6-11-28(12-7-24)22-8-13-33-14-9-22/h1-5,10,16-18,22,24H,6-9,11-15H2,(H,27,30)/p+1. The molecule has 1 aromatic carbocycles. The number of ether oxygens (including phenoxy) is 1. The first-order valence-electron chi connectivity index (χ1n) is 12.0. The number of likely N-dealkylation sites (tertiary alicyclic amines) is 1. The third-order valence-corrected chi connectivity index (χ3v) is 9.46. The lowest BCUT2D eigenvalue weighted by Gasteiger charge is -2.36. The number of rotatable bonds is 5. The summed E-state index contributed by atoms with van der Waals surface area (Å²) in [5.74, 6) is 0. The summed E-state index contributed by atoms with van der Waals surface area (Å²) in [5.41, 5.74) is 0.851. The van der Waals surface area contributed by atoms with E-state index in [1.807, 2.05) is 6.07 Å². The molecule has 0 bridgehead atoms. The topological polar surface area (TPSA) is 94.7 Å². The van der Waals surface area contributed by atoms with Crippen LogP contribution in [0.4, 0.5) is 4.79 Å². The second kappa shape index (κ2) is 9.85. The zero-order chi connectivity index (χ0) is 23.5. The Morgan fingerprint density at radius 3 is 2.44 bits per heavy atom. The quantitative estimate of drug-likeness (QED) is 0.577. The van der Waals surface area contributed by atoms with Crippen molar-refractivity contribution in [3.8, 4) is 0 Å². The number of nitrogens with one attached hydrogen (secondary N) is 2. The van der Waals surface area contributed by atoms with Gasteiger partial charge in [-0.25, -0.2) is 13.2 Å². The van der Waals surface area contributed by atoms with Crippen molar-refractivity contribution in [3.63, 3.8) is 0 Å². The number of benzene rings is 1. The lowest BCUT2D eigenvalue weighted by molar-refractivity contribution is -0.931. The van der Waals surface area contributed by atoms with Crippen LogP contribution in [0.3, 0.4) is 0 Å². The minimum Gasteiger partial charge on any atom is -0.381 e. The van der Waals surface area contributed by atoms with Crippen LogP contribution in [0.5, 0.6) is 0 Å². The molecule has 0 aliphatic carbocycles. The normalized spacial score (nSPS) is 22.0. The van der Waals surface area contributed by atoms with Crippen molar-refractivity contribution in [2.75, 3.05) is 26.3 Å². The largest absolute Gasteiger partial charge is 0.381 e. The average molecular weight is 484 g/mol. The first-order chi connectivity index (χ1) is 16.5. The molecule has 9 heteroatoms. The maximum atomic E-state index is 13.2. The summed E-state index contributed by atoms with van der Waals surface area (Å²) >= 11 is 0. The van der Waals surface area contributed by atoms with Crippen LogP contribution < -0.4 is 10.2 Å². The highest BCUT2D eigenvalue weighted by molar-refractivity contribution is 7.92. The summed E-state index contributed by atoms with van der Waals surface area (Å²) < 4.78 is 33.4. The molecule has 2 saturated heterocycles. The van der Waals surface area contributed by atoms with Gasteiger partial charge in [0.1, 0.15) is 0 Å².